The summed E-state index contributed by atoms with van der Waals surface area (Å²) in [6.45, 7) is 0. The Balaban J connectivity index is 1.85. The fraction of sp³-hybridized carbons (Fsp3) is 0. The minimum Gasteiger partial charge on any atom is -0.470 e. The van der Waals surface area contributed by atoms with Crippen LogP contribution in [0.5, 0.6) is 0 Å². The van der Waals surface area contributed by atoms with Crippen LogP contribution in [0.4, 0.5) is 11.4 Å². The molecular weight excluding hydrogens is 212 g/mol. The van der Waals surface area contributed by atoms with Crippen molar-refractivity contribution in [3.8, 4) is 0 Å². The van der Waals surface area contributed by atoms with Gasteiger partial charge in [-0.3, -0.25) is 0 Å². The van der Waals surface area contributed by atoms with Crippen LogP contribution in [0, 0.1) is 0 Å². The number of rotatable bonds is 2. The monoisotopic (exact) mass is 224 g/mol. The Labute approximate surface area is 99.5 Å². The summed E-state index contributed by atoms with van der Waals surface area (Å²) in [4.78, 5) is 0. The molecule has 17 heavy (non-hydrogen) atoms. The molecule has 1 aliphatic heterocycles. The van der Waals surface area contributed by atoms with E-state index in [1.165, 1.54) is 5.56 Å². The average molecular weight is 224 g/mol. The molecule has 2 heterocycles. The Morgan fingerprint density at radius 3 is 2.94 bits per heavy atom. The molecule has 3 heteroatoms. The Hall–Kier alpha value is -2.42. The van der Waals surface area contributed by atoms with E-state index in [-0.39, 0.29) is 0 Å². The fourth-order valence-electron chi connectivity index (χ4n) is 1.75. The van der Waals surface area contributed by atoms with Gasteiger partial charge in [0.2, 0.25) is 0 Å². The minimum atomic E-state index is 0.924. The van der Waals surface area contributed by atoms with Gasteiger partial charge >= 0.3 is 0 Å². The SMILES string of the molecule is C1=Cc2ccccc2NC(Nc2ccoc2)=C1. The number of nitrogens with one attached hydrogen (secondary N) is 2. The second kappa shape index (κ2) is 4.22. The number of allylic oxidation sites excluding steroid dienone is 2. The van der Waals surface area contributed by atoms with Gasteiger partial charge in [0.1, 0.15) is 12.1 Å². The summed E-state index contributed by atoms with van der Waals surface area (Å²) in [6, 6.07) is 10.0. The van der Waals surface area contributed by atoms with Crippen LogP contribution in [0.1, 0.15) is 5.56 Å². The third-order valence-electron chi connectivity index (χ3n) is 2.57. The van der Waals surface area contributed by atoms with Crippen molar-refractivity contribution in [2.45, 2.75) is 0 Å². The van der Waals surface area contributed by atoms with E-state index in [0.29, 0.717) is 0 Å². The maximum absolute atomic E-state index is 5.02. The summed E-state index contributed by atoms with van der Waals surface area (Å²) >= 11 is 0. The van der Waals surface area contributed by atoms with Crippen molar-refractivity contribution in [3.63, 3.8) is 0 Å². The molecule has 0 fully saturated rings. The van der Waals surface area contributed by atoms with Gasteiger partial charge in [0.05, 0.1) is 12.0 Å². The van der Waals surface area contributed by atoms with Crippen LogP contribution in [0.15, 0.2) is 65.2 Å². The first-order chi connectivity index (χ1) is 8.42. The van der Waals surface area contributed by atoms with Gasteiger partial charge in [-0.2, -0.15) is 0 Å². The lowest BCUT2D eigenvalue weighted by atomic mass is 10.2. The van der Waals surface area contributed by atoms with Gasteiger partial charge in [-0.1, -0.05) is 30.4 Å². The molecule has 2 N–H and O–H groups in total. The molecule has 0 saturated heterocycles. The number of hydrogen-bond donors (Lipinski definition) is 2. The molecular formula is C14H12N2O. The van der Waals surface area contributed by atoms with Crippen molar-refractivity contribution in [3.05, 3.63) is 66.4 Å². The van der Waals surface area contributed by atoms with Crippen molar-refractivity contribution >= 4 is 17.5 Å². The fourth-order valence-corrected chi connectivity index (χ4v) is 1.75. The smallest absolute Gasteiger partial charge is 0.114 e. The Morgan fingerprint density at radius 1 is 1.12 bits per heavy atom. The Kier molecular flexibility index (Phi) is 2.43. The van der Waals surface area contributed by atoms with E-state index in [4.69, 9.17) is 4.42 Å². The predicted octanol–water partition coefficient (Wildman–Crippen LogP) is 3.67. The molecule has 0 saturated carbocycles. The first-order valence-electron chi connectivity index (χ1n) is 5.45. The number of hydrogen-bond acceptors (Lipinski definition) is 3. The van der Waals surface area contributed by atoms with Crippen LogP contribution in [-0.2, 0) is 0 Å². The van der Waals surface area contributed by atoms with Crippen molar-refractivity contribution in [2.24, 2.45) is 0 Å². The summed E-state index contributed by atoms with van der Waals surface area (Å²) in [5.74, 6) is 0.924. The van der Waals surface area contributed by atoms with Gasteiger partial charge in [0.15, 0.2) is 0 Å². The molecule has 3 nitrogen and oxygen atoms in total. The highest BCUT2D eigenvalue weighted by molar-refractivity contribution is 5.72. The Morgan fingerprint density at radius 2 is 2.06 bits per heavy atom. The molecule has 0 radical (unpaired) electrons. The number of anilines is 2. The lowest BCUT2D eigenvalue weighted by molar-refractivity contribution is 0.568. The highest BCUT2D eigenvalue weighted by atomic mass is 16.3. The molecule has 0 aliphatic carbocycles. The second-order valence-corrected chi connectivity index (χ2v) is 3.79. The van der Waals surface area contributed by atoms with Crippen molar-refractivity contribution in [1.29, 1.82) is 0 Å². The van der Waals surface area contributed by atoms with E-state index in [1.54, 1.807) is 12.5 Å². The van der Waals surface area contributed by atoms with Gasteiger partial charge in [0.25, 0.3) is 0 Å². The predicted molar refractivity (Wildman–Crippen MR) is 69.5 cm³/mol. The summed E-state index contributed by atoms with van der Waals surface area (Å²) < 4.78 is 5.02. The molecule has 0 unspecified atom stereocenters. The summed E-state index contributed by atoms with van der Waals surface area (Å²) in [6.07, 6.45) is 9.40. The highest BCUT2D eigenvalue weighted by Gasteiger charge is 2.05. The lowest BCUT2D eigenvalue weighted by Crippen LogP contribution is -2.08. The van der Waals surface area contributed by atoms with Crippen LogP contribution in [0.3, 0.4) is 0 Å². The first kappa shape index (κ1) is 9.78. The lowest BCUT2D eigenvalue weighted by Gasteiger charge is -2.12. The van der Waals surface area contributed by atoms with E-state index in [1.807, 2.05) is 30.4 Å². The van der Waals surface area contributed by atoms with Gasteiger partial charge in [0, 0.05) is 5.69 Å². The van der Waals surface area contributed by atoms with Gasteiger partial charge < -0.3 is 15.1 Å². The molecule has 1 aliphatic rings. The third-order valence-corrected chi connectivity index (χ3v) is 2.57. The van der Waals surface area contributed by atoms with Crippen LogP contribution in [-0.4, -0.2) is 0 Å². The average Bonchev–Trinajstić information content (AvgIpc) is 2.76. The van der Waals surface area contributed by atoms with E-state index >= 15 is 0 Å². The zero-order valence-electron chi connectivity index (χ0n) is 9.18. The summed E-state index contributed by atoms with van der Waals surface area (Å²) in [7, 11) is 0. The van der Waals surface area contributed by atoms with E-state index < -0.39 is 0 Å². The van der Waals surface area contributed by atoms with Gasteiger partial charge in [-0.05, 0) is 23.8 Å². The number of furan rings is 1. The number of para-hydroxylation sites is 1. The summed E-state index contributed by atoms with van der Waals surface area (Å²) in [5, 5.41) is 6.59. The van der Waals surface area contributed by atoms with Gasteiger partial charge in [-0.25, -0.2) is 0 Å². The number of benzene rings is 1. The van der Waals surface area contributed by atoms with Crippen LogP contribution < -0.4 is 10.6 Å². The molecule has 2 aromatic rings. The van der Waals surface area contributed by atoms with Crippen molar-refractivity contribution in [2.75, 3.05) is 10.6 Å². The normalized spacial score (nSPS) is 13.3. The van der Waals surface area contributed by atoms with Crippen LogP contribution in [0.2, 0.25) is 0 Å². The topological polar surface area (TPSA) is 37.2 Å². The van der Waals surface area contributed by atoms with Crippen LogP contribution >= 0.6 is 0 Å². The first-order valence-corrected chi connectivity index (χ1v) is 5.45. The zero-order chi connectivity index (χ0) is 11.5. The summed E-state index contributed by atoms with van der Waals surface area (Å²) in [5.41, 5.74) is 3.19. The molecule has 0 spiro atoms. The van der Waals surface area contributed by atoms with E-state index in [2.05, 4.69) is 28.8 Å². The van der Waals surface area contributed by atoms with Crippen molar-refractivity contribution in [1.82, 2.24) is 0 Å². The second-order valence-electron chi connectivity index (χ2n) is 3.79. The van der Waals surface area contributed by atoms with E-state index in [9.17, 15) is 0 Å². The zero-order valence-corrected chi connectivity index (χ0v) is 9.18. The molecule has 0 atom stereocenters. The number of fused-ring (bicyclic) bond motifs is 1. The Bertz CT molecular complexity index is 568. The largest absolute Gasteiger partial charge is 0.470 e. The van der Waals surface area contributed by atoms with Crippen LogP contribution in [0.25, 0.3) is 6.08 Å². The molecule has 1 aromatic carbocycles. The molecule has 0 amide bonds. The third kappa shape index (κ3) is 2.08. The molecule has 0 bridgehead atoms. The molecule has 3 rings (SSSR count). The standard InChI is InChI=1S/C14H12N2O/c1-2-6-13-11(4-1)5-3-7-14(16-13)15-12-8-9-17-10-12/h1-10,15-16H. The highest BCUT2D eigenvalue weighted by Crippen LogP contribution is 2.22. The molecule has 1 aromatic heterocycles. The van der Waals surface area contributed by atoms with E-state index in [0.717, 1.165) is 17.2 Å². The quantitative estimate of drug-likeness (QED) is 0.817. The maximum Gasteiger partial charge on any atom is 0.114 e. The molecule has 84 valence electrons. The maximum atomic E-state index is 5.02. The minimum absolute atomic E-state index is 0.924. The van der Waals surface area contributed by atoms with Gasteiger partial charge in [-0.15, -0.1) is 0 Å². The van der Waals surface area contributed by atoms with Crippen molar-refractivity contribution < 1.29 is 4.42 Å².